The van der Waals surface area contributed by atoms with Crippen molar-refractivity contribution in [2.45, 2.75) is 50.9 Å². The van der Waals surface area contributed by atoms with Crippen LogP contribution in [0.2, 0.25) is 19.6 Å². The van der Waals surface area contributed by atoms with Crippen LogP contribution in [0.25, 0.3) is 0 Å². The van der Waals surface area contributed by atoms with Gasteiger partial charge in [-0.3, -0.25) is 9.48 Å². The number of carbonyl (C=O) groups is 1. The summed E-state index contributed by atoms with van der Waals surface area (Å²) in [4.78, 5) is 13.6. The van der Waals surface area contributed by atoms with Crippen LogP contribution in [0.15, 0.2) is 67.2 Å². The molecule has 1 aromatic carbocycles. The Labute approximate surface area is 189 Å². The molecule has 0 spiro atoms. The van der Waals surface area contributed by atoms with Crippen LogP contribution < -0.4 is 5.19 Å². The molecule has 0 saturated heterocycles. The normalized spacial score (nSPS) is 22.7. The van der Waals surface area contributed by atoms with Crippen molar-refractivity contribution in [1.29, 1.82) is 5.26 Å². The second kappa shape index (κ2) is 8.36. The van der Waals surface area contributed by atoms with Gasteiger partial charge in [0.1, 0.15) is 11.2 Å². The van der Waals surface area contributed by atoms with E-state index in [1.807, 2.05) is 38.1 Å². The van der Waals surface area contributed by atoms with Gasteiger partial charge in [-0.1, -0.05) is 61.7 Å². The summed E-state index contributed by atoms with van der Waals surface area (Å²) in [6, 6.07) is 11.6. The standard InChI is InChI=1S/C25H28FN3O2Si/c1-7-29-22(15-18(3)28-29)25(23(30)31-8-2)14-13-20(26)16-24(25,17-27)19-9-11-21(12-10-19)32(4,5)6/h8-16H,2,7H2,1,3-6H3. The molecule has 1 heterocycles. The molecule has 0 bridgehead atoms. The van der Waals surface area contributed by atoms with E-state index < -0.39 is 30.7 Å². The molecule has 2 atom stereocenters. The quantitative estimate of drug-likeness (QED) is 0.368. The summed E-state index contributed by atoms with van der Waals surface area (Å²) in [5.41, 5.74) is -1.71. The molecule has 5 nitrogen and oxygen atoms in total. The number of aryl methyl sites for hydroxylation is 2. The number of rotatable bonds is 6. The Morgan fingerprint density at radius 3 is 2.53 bits per heavy atom. The maximum Gasteiger partial charge on any atom is 0.329 e. The van der Waals surface area contributed by atoms with Gasteiger partial charge >= 0.3 is 5.97 Å². The summed E-state index contributed by atoms with van der Waals surface area (Å²) in [5.74, 6) is -1.32. The number of hydrogen-bond donors (Lipinski definition) is 0. The molecule has 0 amide bonds. The second-order valence-corrected chi connectivity index (χ2v) is 14.1. The predicted octanol–water partition coefficient (Wildman–Crippen LogP) is 4.57. The molecule has 7 heteroatoms. The van der Waals surface area contributed by atoms with Crippen molar-refractivity contribution in [3.05, 3.63) is 84.2 Å². The summed E-state index contributed by atoms with van der Waals surface area (Å²) in [5, 5.41) is 16.3. The first-order valence-electron chi connectivity index (χ1n) is 10.5. The first kappa shape index (κ1) is 23.4. The summed E-state index contributed by atoms with van der Waals surface area (Å²) in [6.45, 7) is 14.3. The number of ether oxygens (including phenoxy) is 1. The van der Waals surface area contributed by atoms with E-state index in [9.17, 15) is 14.4 Å². The minimum absolute atomic E-state index is 0.458. The van der Waals surface area contributed by atoms with Crippen LogP contribution in [0, 0.1) is 18.3 Å². The Hall–Kier alpha value is -3.24. The Bertz CT molecular complexity index is 1150. The van der Waals surface area contributed by atoms with Crippen molar-refractivity contribution in [3.63, 3.8) is 0 Å². The van der Waals surface area contributed by atoms with Crippen molar-refractivity contribution in [2.24, 2.45) is 0 Å². The van der Waals surface area contributed by atoms with Crippen molar-refractivity contribution in [1.82, 2.24) is 9.78 Å². The molecule has 0 aliphatic heterocycles. The maximum atomic E-state index is 14.8. The number of carbonyl (C=O) groups excluding carboxylic acids is 1. The zero-order valence-electron chi connectivity index (χ0n) is 19.1. The SMILES string of the molecule is C=COC(=O)C1(c2cc(C)nn2CC)C=CC(F)=CC1(C#N)c1ccc([Si](C)(C)C)cc1. The van der Waals surface area contributed by atoms with Gasteiger partial charge in [-0.05, 0) is 37.6 Å². The molecule has 1 aliphatic carbocycles. The fourth-order valence-corrected chi connectivity index (χ4v) is 5.49. The van der Waals surface area contributed by atoms with Gasteiger partial charge in [-0.15, -0.1) is 0 Å². The van der Waals surface area contributed by atoms with Crippen LogP contribution in [-0.2, 0) is 26.9 Å². The Morgan fingerprint density at radius 2 is 2.00 bits per heavy atom. The van der Waals surface area contributed by atoms with Crippen molar-refractivity contribution < 1.29 is 13.9 Å². The van der Waals surface area contributed by atoms with E-state index in [2.05, 4.69) is 37.4 Å². The summed E-state index contributed by atoms with van der Waals surface area (Å²) >= 11 is 0. The summed E-state index contributed by atoms with van der Waals surface area (Å²) < 4.78 is 21.7. The minimum Gasteiger partial charge on any atom is -0.434 e. The molecule has 32 heavy (non-hydrogen) atoms. The van der Waals surface area contributed by atoms with Gasteiger partial charge in [0.05, 0.1) is 31.8 Å². The van der Waals surface area contributed by atoms with E-state index in [1.165, 1.54) is 23.4 Å². The Kier molecular flexibility index (Phi) is 6.12. The van der Waals surface area contributed by atoms with Crippen LogP contribution in [0.1, 0.15) is 23.9 Å². The minimum atomic E-state index is -1.69. The van der Waals surface area contributed by atoms with Crippen LogP contribution >= 0.6 is 0 Å². The third-order valence-corrected chi connectivity index (χ3v) is 8.03. The third kappa shape index (κ3) is 3.55. The summed E-state index contributed by atoms with van der Waals surface area (Å²) in [6.07, 6.45) is 4.87. The lowest BCUT2D eigenvalue weighted by atomic mass is 9.57. The van der Waals surface area contributed by atoms with E-state index in [1.54, 1.807) is 10.7 Å². The molecule has 1 aromatic heterocycles. The smallest absolute Gasteiger partial charge is 0.329 e. The lowest BCUT2D eigenvalue weighted by Crippen LogP contribution is -2.54. The highest BCUT2D eigenvalue weighted by atomic mass is 28.3. The number of allylic oxidation sites excluding steroid dienone is 3. The van der Waals surface area contributed by atoms with E-state index in [0.717, 1.165) is 6.26 Å². The number of nitrogens with zero attached hydrogens (tertiary/aromatic N) is 3. The topological polar surface area (TPSA) is 67.9 Å². The van der Waals surface area contributed by atoms with E-state index in [4.69, 9.17) is 4.74 Å². The van der Waals surface area contributed by atoms with Gasteiger partial charge in [0.25, 0.3) is 0 Å². The Balaban J connectivity index is 2.41. The first-order valence-corrected chi connectivity index (χ1v) is 14.0. The van der Waals surface area contributed by atoms with Gasteiger partial charge < -0.3 is 4.74 Å². The monoisotopic (exact) mass is 449 g/mol. The van der Waals surface area contributed by atoms with Crippen LogP contribution in [0.5, 0.6) is 0 Å². The molecule has 0 fully saturated rings. The lowest BCUT2D eigenvalue weighted by Gasteiger charge is -2.42. The number of hydrogen-bond acceptors (Lipinski definition) is 4. The zero-order valence-corrected chi connectivity index (χ0v) is 20.1. The number of benzene rings is 1. The van der Waals surface area contributed by atoms with Gasteiger partial charge in [-0.25, -0.2) is 4.39 Å². The first-order chi connectivity index (χ1) is 15.1. The number of esters is 1. The maximum absolute atomic E-state index is 14.8. The molecular formula is C25H28FN3O2Si. The van der Waals surface area contributed by atoms with Crippen molar-refractivity contribution >= 4 is 19.2 Å². The second-order valence-electron chi connectivity index (χ2n) is 8.98. The van der Waals surface area contributed by atoms with Crippen LogP contribution in [0.4, 0.5) is 4.39 Å². The largest absolute Gasteiger partial charge is 0.434 e. The summed E-state index contributed by atoms with van der Waals surface area (Å²) in [7, 11) is -1.60. The average Bonchev–Trinajstić information content (AvgIpc) is 3.14. The molecule has 1 aliphatic rings. The van der Waals surface area contributed by atoms with Crippen LogP contribution in [0.3, 0.4) is 0 Å². The fourth-order valence-electron chi connectivity index (χ4n) is 4.33. The van der Waals surface area contributed by atoms with Gasteiger partial charge in [0, 0.05) is 6.54 Å². The average molecular weight is 450 g/mol. The third-order valence-electron chi connectivity index (χ3n) is 5.97. The van der Waals surface area contributed by atoms with Crippen molar-refractivity contribution in [3.8, 4) is 6.07 Å². The van der Waals surface area contributed by atoms with Gasteiger partial charge in [0.2, 0.25) is 0 Å². The molecule has 2 unspecified atom stereocenters. The number of aromatic nitrogens is 2. The lowest BCUT2D eigenvalue weighted by molar-refractivity contribution is -0.144. The van der Waals surface area contributed by atoms with E-state index in [-0.39, 0.29) is 0 Å². The number of nitriles is 1. The highest BCUT2D eigenvalue weighted by Gasteiger charge is 2.61. The molecule has 0 N–H and O–H groups in total. The van der Waals surface area contributed by atoms with E-state index >= 15 is 0 Å². The Morgan fingerprint density at radius 1 is 1.34 bits per heavy atom. The van der Waals surface area contributed by atoms with Crippen molar-refractivity contribution in [2.75, 3.05) is 0 Å². The molecule has 0 saturated carbocycles. The molecule has 3 rings (SSSR count). The zero-order chi connectivity index (χ0) is 23.7. The number of halogens is 1. The van der Waals surface area contributed by atoms with Gasteiger partial charge in [0.15, 0.2) is 5.41 Å². The molecule has 0 radical (unpaired) electrons. The van der Waals surface area contributed by atoms with Gasteiger partial charge in [-0.2, -0.15) is 10.4 Å². The highest BCUT2D eigenvalue weighted by Crippen LogP contribution is 2.50. The highest BCUT2D eigenvalue weighted by molar-refractivity contribution is 6.88. The predicted molar refractivity (Wildman–Crippen MR) is 126 cm³/mol. The van der Waals surface area contributed by atoms with E-state index in [0.29, 0.717) is 23.5 Å². The fraction of sp³-hybridized carbons (Fsp3) is 0.320. The molecule has 2 aromatic rings. The molecular weight excluding hydrogens is 421 g/mol. The molecule has 166 valence electrons. The van der Waals surface area contributed by atoms with Crippen LogP contribution in [-0.4, -0.2) is 23.8 Å².